The highest BCUT2D eigenvalue weighted by Crippen LogP contribution is 2.34. The van der Waals surface area contributed by atoms with Gasteiger partial charge in [0.15, 0.2) is 0 Å². The number of para-hydroxylation sites is 1. The first-order valence-corrected chi connectivity index (χ1v) is 6.65. The largest absolute Gasteiger partial charge is 0.464 e. The van der Waals surface area contributed by atoms with Crippen LogP contribution in [0.25, 0.3) is 22.2 Å². The molecule has 0 fully saturated rings. The number of hydrogen-bond acceptors (Lipinski definition) is 4. The third kappa shape index (κ3) is 1.83. The number of fused-ring (bicyclic) bond motifs is 1. The summed E-state index contributed by atoms with van der Waals surface area (Å²) in [6, 6.07) is 7.95. The Morgan fingerprint density at radius 1 is 1.33 bits per heavy atom. The van der Waals surface area contributed by atoms with E-state index in [0.29, 0.717) is 6.42 Å². The number of benzene rings is 1. The molecule has 0 saturated heterocycles. The topological polar surface area (TPSA) is 46.3 Å². The molecule has 2 heterocycles. The van der Waals surface area contributed by atoms with Crippen LogP contribution in [0.3, 0.4) is 0 Å². The molecule has 4 heteroatoms. The molecule has 1 aromatic carbocycles. The summed E-state index contributed by atoms with van der Waals surface area (Å²) in [7, 11) is 0. The maximum atomic E-state index is 8.97. The quantitative estimate of drug-likeness (QED) is 0.784. The Hall–Kier alpha value is -1.65. The van der Waals surface area contributed by atoms with Crippen LogP contribution in [0.2, 0.25) is 0 Å². The lowest BCUT2D eigenvalue weighted by molar-refractivity contribution is 0.299. The van der Waals surface area contributed by atoms with Crippen LogP contribution in [0.15, 0.2) is 34.9 Å². The van der Waals surface area contributed by atoms with Gasteiger partial charge in [0, 0.05) is 28.9 Å². The summed E-state index contributed by atoms with van der Waals surface area (Å²) in [6.45, 7) is 2.19. The van der Waals surface area contributed by atoms with Crippen LogP contribution in [-0.4, -0.2) is 16.7 Å². The van der Waals surface area contributed by atoms with Crippen molar-refractivity contribution in [1.29, 1.82) is 0 Å². The summed E-state index contributed by atoms with van der Waals surface area (Å²) in [4.78, 5) is 5.75. The third-order valence-corrected chi connectivity index (χ3v) is 3.93. The molecule has 3 rings (SSSR count). The van der Waals surface area contributed by atoms with Gasteiger partial charge < -0.3 is 9.52 Å². The van der Waals surface area contributed by atoms with Crippen molar-refractivity contribution < 1.29 is 9.52 Å². The Morgan fingerprint density at radius 2 is 2.17 bits per heavy atom. The number of nitrogens with zero attached hydrogens (tertiary/aromatic N) is 1. The molecule has 0 bridgehead atoms. The molecule has 1 N–H and O–H groups in total. The van der Waals surface area contributed by atoms with E-state index >= 15 is 0 Å². The second kappa shape index (κ2) is 4.55. The molecule has 0 aliphatic carbocycles. The van der Waals surface area contributed by atoms with E-state index in [-0.39, 0.29) is 6.61 Å². The van der Waals surface area contributed by atoms with E-state index in [9.17, 15) is 0 Å². The number of thiazole rings is 1. The molecule has 0 unspecified atom stereocenters. The number of aryl methyl sites for hydroxylation is 1. The molecule has 0 atom stereocenters. The Morgan fingerprint density at radius 3 is 3.00 bits per heavy atom. The number of aliphatic hydroxyl groups excluding tert-OH is 1. The van der Waals surface area contributed by atoms with E-state index < -0.39 is 0 Å². The van der Waals surface area contributed by atoms with Gasteiger partial charge >= 0.3 is 0 Å². The molecule has 0 amide bonds. The van der Waals surface area contributed by atoms with Gasteiger partial charge in [-0.05, 0) is 13.0 Å². The summed E-state index contributed by atoms with van der Waals surface area (Å²) in [5, 5.41) is 11.0. The number of aliphatic hydroxyl groups is 1. The maximum absolute atomic E-state index is 8.97. The van der Waals surface area contributed by atoms with Crippen LogP contribution in [0.5, 0.6) is 0 Å². The fourth-order valence-electron chi connectivity index (χ4n) is 2.06. The smallest absolute Gasteiger partial charge is 0.134 e. The summed E-state index contributed by atoms with van der Waals surface area (Å²) >= 11 is 1.63. The normalized spacial score (nSPS) is 11.2. The molecule has 3 nitrogen and oxygen atoms in total. The second-order valence-electron chi connectivity index (χ2n) is 4.13. The minimum atomic E-state index is 0.137. The first kappa shape index (κ1) is 11.4. The molecule has 92 valence electrons. The first-order valence-electron chi connectivity index (χ1n) is 5.83. The third-order valence-electron chi connectivity index (χ3n) is 2.90. The average molecular weight is 259 g/mol. The van der Waals surface area contributed by atoms with Crippen molar-refractivity contribution in [2.45, 2.75) is 13.3 Å². The fraction of sp³-hybridized carbons (Fsp3) is 0.214. The Labute approximate surface area is 109 Å². The van der Waals surface area contributed by atoms with Crippen molar-refractivity contribution in [2.24, 2.45) is 0 Å². The summed E-state index contributed by atoms with van der Waals surface area (Å²) in [5.41, 5.74) is 2.88. The zero-order chi connectivity index (χ0) is 12.5. The second-order valence-corrected chi connectivity index (χ2v) is 5.42. The monoisotopic (exact) mass is 259 g/mol. The van der Waals surface area contributed by atoms with Crippen LogP contribution in [-0.2, 0) is 6.42 Å². The van der Waals surface area contributed by atoms with Crippen molar-refractivity contribution >= 4 is 22.3 Å². The van der Waals surface area contributed by atoms with Gasteiger partial charge in [-0.3, -0.25) is 0 Å². The molecule has 0 spiro atoms. The Kier molecular flexibility index (Phi) is 2.89. The number of furan rings is 1. The van der Waals surface area contributed by atoms with Crippen LogP contribution < -0.4 is 0 Å². The molecule has 0 saturated carbocycles. The Bertz CT molecular complexity index is 684. The molecule has 0 aliphatic heterocycles. The van der Waals surface area contributed by atoms with Crippen molar-refractivity contribution in [3.05, 3.63) is 40.4 Å². The van der Waals surface area contributed by atoms with Crippen LogP contribution in [0.4, 0.5) is 0 Å². The summed E-state index contributed by atoms with van der Waals surface area (Å²) in [5.74, 6) is 0. The maximum Gasteiger partial charge on any atom is 0.134 e. The standard InChI is InChI=1S/C14H13NO2S/c1-9-14(15-13(18-9)6-7-16)11-8-17-12-5-3-2-4-10(11)12/h2-5,8,16H,6-7H2,1H3. The Balaban J connectivity index is 2.14. The van der Waals surface area contributed by atoms with Gasteiger partial charge in [-0.2, -0.15) is 0 Å². The van der Waals surface area contributed by atoms with E-state index in [1.807, 2.05) is 24.3 Å². The van der Waals surface area contributed by atoms with Crippen molar-refractivity contribution in [3.63, 3.8) is 0 Å². The van der Waals surface area contributed by atoms with Gasteiger partial charge in [-0.15, -0.1) is 11.3 Å². The van der Waals surface area contributed by atoms with E-state index in [1.165, 1.54) is 0 Å². The molecule has 3 aromatic rings. The van der Waals surface area contributed by atoms with Crippen LogP contribution in [0, 0.1) is 6.92 Å². The van der Waals surface area contributed by atoms with Crippen LogP contribution >= 0.6 is 11.3 Å². The van der Waals surface area contributed by atoms with Gasteiger partial charge in [-0.25, -0.2) is 4.98 Å². The lowest BCUT2D eigenvalue weighted by atomic mass is 10.1. The molecular formula is C14H13NO2S. The zero-order valence-corrected chi connectivity index (χ0v) is 10.8. The van der Waals surface area contributed by atoms with Gasteiger partial charge in [0.05, 0.1) is 10.7 Å². The minimum absolute atomic E-state index is 0.137. The van der Waals surface area contributed by atoms with Gasteiger partial charge in [0.25, 0.3) is 0 Å². The lowest BCUT2D eigenvalue weighted by Gasteiger charge is -1.94. The highest BCUT2D eigenvalue weighted by atomic mass is 32.1. The summed E-state index contributed by atoms with van der Waals surface area (Å²) in [6.07, 6.45) is 2.37. The van der Waals surface area contributed by atoms with E-state index in [2.05, 4.69) is 11.9 Å². The van der Waals surface area contributed by atoms with E-state index in [4.69, 9.17) is 9.52 Å². The first-order chi connectivity index (χ1) is 8.79. The van der Waals surface area contributed by atoms with Crippen LogP contribution in [0.1, 0.15) is 9.88 Å². The predicted octanol–water partition coefficient (Wildman–Crippen LogP) is 3.40. The van der Waals surface area contributed by atoms with Crippen molar-refractivity contribution in [1.82, 2.24) is 4.98 Å². The van der Waals surface area contributed by atoms with Gasteiger partial charge in [0.2, 0.25) is 0 Å². The highest BCUT2D eigenvalue weighted by molar-refractivity contribution is 7.12. The number of aromatic nitrogens is 1. The molecule has 0 radical (unpaired) electrons. The average Bonchev–Trinajstić information content (AvgIpc) is 2.93. The van der Waals surface area contributed by atoms with E-state index in [1.54, 1.807) is 17.6 Å². The highest BCUT2D eigenvalue weighted by Gasteiger charge is 2.14. The van der Waals surface area contributed by atoms with E-state index in [0.717, 1.165) is 32.1 Å². The minimum Gasteiger partial charge on any atom is -0.464 e. The van der Waals surface area contributed by atoms with Crippen molar-refractivity contribution in [3.8, 4) is 11.3 Å². The zero-order valence-electron chi connectivity index (χ0n) is 10.0. The lowest BCUT2D eigenvalue weighted by Crippen LogP contribution is -1.88. The van der Waals surface area contributed by atoms with Gasteiger partial charge in [0.1, 0.15) is 11.8 Å². The SMILES string of the molecule is Cc1sc(CCO)nc1-c1coc2ccccc12. The van der Waals surface area contributed by atoms with Crippen molar-refractivity contribution in [2.75, 3.05) is 6.61 Å². The predicted molar refractivity (Wildman–Crippen MR) is 72.8 cm³/mol. The fourth-order valence-corrected chi connectivity index (χ4v) is 3.00. The molecular weight excluding hydrogens is 246 g/mol. The van der Waals surface area contributed by atoms with Gasteiger partial charge in [-0.1, -0.05) is 18.2 Å². The molecule has 0 aliphatic rings. The molecule has 18 heavy (non-hydrogen) atoms. The number of rotatable bonds is 3. The summed E-state index contributed by atoms with van der Waals surface area (Å²) < 4.78 is 5.54. The number of hydrogen-bond donors (Lipinski definition) is 1. The molecule has 2 aromatic heterocycles.